The Morgan fingerprint density at radius 3 is 2.77 bits per heavy atom. The lowest BCUT2D eigenvalue weighted by molar-refractivity contribution is -0.119. The minimum absolute atomic E-state index is 0.0724. The molecule has 4 heteroatoms. The van der Waals surface area contributed by atoms with Gasteiger partial charge >= 0.3 is 0 Å². The normalized spacial score (nSPS) is 33.1. The van der Waals surface area contributed by atoms with E-state index in [1.807, 2.05) is 0 Å². The maximum Gasteiger partial charge on any atom is 0.220 e. The van der Waals surface area contributed by atoms with Gasteiger partial charge in [-0.3, -0.25) is 9.59 Å². The molecule has 0 radical (unpaired) electrons. The highest BCUT2D eigenvalue weighted by Crippen LogP contribution is 2.39. The Morgan fingerprint density at radius 1 is 1.54 bits per heavy atom. The zero-order valence-corrected chi connectivity index (χ0v) is 7.45. The summed E-state index contributed by atoms with van der Waals surface area (Å²) in [6.45, 7) is 0. The smallest absolute Gasteiger partial charge is 0.220 e. The van der Waals surface area contributed by atoms with Gasteiger partial charge in [-0.1, -0.05) is 0 Å². The van der Waals surface area contributed by atoms with Crippen LogP contribution in [0.15, 0.2) is 0 Å². The third-order valence-electron chi connectivity index (χ3n) is 2.88. The van der Waals surface area contributed by atoms with Crippen LogP contribution in [-0.2, 0) is 9.59 Å². The Hall–Kier alpha value is -1.06. The zero-order valence-electron chi connectivity index (χ0n) is 7.45. The molecule has 0 aromatic rings. The summed E-state index contributed by atoms with van der Waals surface area (Å²) >= 11 is 0. The van der Waals surface area contributed by atoms with Crippen LogP contribution in [-0.4, -0.2) is 17.9 Å². The van der Waals surface area contributed by atoms with Gasteiger partial charge in [0.2, 0.25) is 11.8 Å². The van der Waals surface area contributed by atoms with Crippen molar-refractivity contribution in [2.75, 3.05) is 0 Å². The fourth-order valence-corrected chi connectivity index (χ4v) is 2.14. The molecule has 1 saturated heterocycles. The SMILES string of the molecule is NC(=O)C[C@H]1CC(=O)N[C@@H]1C1CC1. The Bertz CT molecular complexity index is 248. The van der Waals surface area contributed by atoms with E-state index in [-0.39, 0.29) is 23.8 Å². The van der Waals surface area contributed by atoms with Crippen LogP contribution in [0.1, 0.15) is 25.7 Å². The van der Waals surface area contributed by atoms with Crippen LogP contribution in [0.5, 0.6) is 0 Å². The van der Waals surface area contributed by atoms with Crippen LogP contribution in [0.4, 0.5) is 0 Å². The van der Waals surface area contributed by atoms with Crippen molar-refractivity contribution in [3.63, 3.8) is 0 Å². The molecule has 0 bridgehead atoms. The minimum Gasteiger partial charge on any atom is -0.370 e. The number of amides is 2. The molecular formula is C9H14N2O2. The monoisotopic (exact) mass is 182 g/mol. The summed E-state index contributed by atoms with van der Waals surface area (Å²) in [5, 5.41) is 2.92. The van der Waals surface area contributed by atoms with Crippen molar-refractivity contribution in [2.45, 2.75) is 31.7 Å². The topological polar surface area (TPSA) is 72.2 Å². The molecule has 3 N–H and O–H groups in total. The summed E-state index contributed by atoms with van der Waals surface area (Å²) in [5.41, 5.74) is 5.12. The molecule has 72 valence electrons. The fourth-order valence-electron chi connectivity index (χ4n) is 2.14. The van der Waals surface area contributed by atoms with E-state index in [4.69, 9.17) is 5.73 Å². The zero-order chi connectivity index (χ0) is 9.42. The van der Waals surface area contributed by atoms with Gasteiger partial charge in [0.05, 0.1) is 0 Å². The number of carbonyl (C=O) groups excluding carboxylic acids is 2. The summed E-state index contributed by atoms with van der Waals surface area (Å²) in [6, 6.07) is 0.222. The van der Waals surface area contributed by atoms with Crippen molar-refractivity contribution < 1.29 is 9.59 Å². The van der Waals surface area contributed by atoms with E-state index in [0.717, 1.165) is 0 Å². The second-order valence-electron chi connectivity index (χ2n) is 4.07. The van der Waals surface area contributed by atoms with E-state index in [1.54, 1.807) is 0 Å². The molecule has 0 unspecified atom stereocenters. The third-order valence-corrected chi connectivity index (χ3v) is 2.88. The first kappa shape index (κ1) is 8.53. The van der Waals surface area contributed by atoms with Gasteiger partial charge in [0, 0.05) is 18.9 Å². The number of carbonyl (C=O) groups is 2. The number of primary amides is 1. The van der Waals surface area contributed by atoms with E-state index in [9.17, 15) is 9.59 Å². The molecule has 1 aliphatic heterocycles. The molecule has 4 nitrogen and oxygen atoms in total. The second-order valence-corrected chi connectivity index (χ2v) is 4.07. The summed E-state index contributed by atoms with van der Waals surface area (Å²) in [7, 11) is 0. The Labute approximate surface area is 76.9 Å². The molecule has 2 rings (SSSR count). The maximum atomic E-state index is 11.1. The highest BCUT2D eigenvalue weighted by Gasteiger charge is 2.42. The number of hydrogen-bond donors (Lipinski definition) is 2. The standard InChI is InChI=1S/C9H14N2O2/c10-7(12)3-6-4-8(13)11-9(6)5-1-2-5/h5-6,9H,1-4H2,(H2,10,12)(H,11,13)/t6-,9+/m0/s1. The van der Waals surface area contributed by atoms with Gasteiger partial charge < -0.3 is 11.1 Å². The summed E-state index contributed by atoms with van der Waals surface area (Å²) < 4.78 is 0. The van der Waals surface area contributed by atoms with Gasteiger partial charge in [0.25, 0.3) is 0 Å². The molecule has 0 aromatic heterocycles. The van der Waals surface area contributed by atoms with Crippen molar-refractivity contribution in [3.05, 3.63) is 0 Å². The van der Waals surface area contributed by atoms with Crippen molar-refractivity contribution >= 4 is 11.8 Å². The lowest BCUT2D eigenvalue weighted by Gasteiger charge is -2.16. The van der Waals surface area contributed by atoms with Gasteiger partial charge in [-0.15, -0.1) is 0 Å². The average molecular weight is 182 g/mol. The predicted octanol–water partition coefficient (Wildman–Crippen LogP) is -0.224. The molecule has 13 heavy (non-hydrogen) atoms. The number of rotatable bonds is 3. The minimum atomic E-state index is -0.299. The van der Waals surface area contributed by atoms with Crippen LogP contribution in [0, 0.1) is 11.8 Å². The lowest BCUT2D eigenvalue weighted by atomic mass is 9.93. The van der Waals surface area contributed by atoms with Crippen LogP contribution >= 0.6 is 0 Å². The van der Waals surface area contributed by atoms with Crippen LogP contribution < -0.4 is 11.1 Å². The molecule has 2 aliphatic rings. The van der Waals surface area contributed by atoms with Crippen LogP contribution in [0.3, 0.4) is 0 Å². The lowest BCUT2D eigenvalue weighted by Crippen LogP contribution is -2.32. The molecular weight excluding hydrogens is 168 g/mol. The van der Waals surface area contributed by atoms with Crippen molar-refractivity contribution in [1.29, 1.82) is 0 Å². The molecule has 1 heterocycles. The molecule has 2 amide bonds. The maximum absolute atomic E-state index is 11.1. The molecule has 1 aliphatic carbocycles. The Balaban J connectivity index is 1.98. The average Bonchev–Trinajstić information content (AvgIpc) is 2.77. The van der Waals surface area contributed by atoms with Gasteiger partial charge in [-0.2, -0.15) is 0 Å². The largest absolute Gasteiger partial charge is 0.370 e. The van der Waals surface area contributed by atoms with Gasteiger partial charge in [-0.25, -0.2) is 0 Å². The predicted molar refractivity (Wildman–Crippen MR) is 46.6 cm³/mol. The van der Waals surface area contributed by atoms with Gasteiger partial charge in [0.15, 0.2) is 0 Å². The van der Waals surface area contributed by atoms with E-state index >= 15 is 0 Å². The van der Waals surface area contributed by atoms with E-state index < -0.39 is 0 Å². The van der Waals surface area contributed by atoms with E-state index in [2.05, 4.69) is 5.32 Å². The molecule has 2 atom stereocenters. The summed E-state index contributed by atoms with van der Waals surface area (Å²) in [5.74, 6) is 0.531. The molecule has 0 spiro atoms. The molecule has 0 aromatic carbocycles. The Kier molecular flexibility index (Phi) is 1.98. The van der Waals surface area contributed by atoms with Crippen LogP contribution in [0.2, 0.25) is 0 Å². The quantitative estimate of drug-likeness (QED) is 0.633. The van der Waals surface area contributed by atoms with E-state index in [1.165, 1.54) is 12.8 Å². The first-order valence-electron chi connectivity index (χ1n) is 4.74. The summed E-state index contributed by atoms with van der Waals surface area (Å²) in [4.78, 5) is 21.8. The summed E-state index contributed by atoms with van der Waals surface area (Å²) in [6.07, 6.45) is 3.18. The van der Waals surface area contributed by atoms with Crippen LogP contribution in [0.25, 0.3) is 0 Å². The first-order chi connectivity index (χ1) is 6.16. The second kappa shape index (κ2) is 3.01. The van der Waals surface area contributed by atoms with Gasteiger partial charge in [-0.05, 0) is 24.7 Å². The van der Waals surface area contributed by atoms with E-state index in [0.29, 0.717) is 18.8 Å². The van der Waals surface area contributed by atoms with Crippen molar-refractivity contribution in [1.82, 2.24) is 5.32 Å². The highest BCUT2D eigenvalue weighted by molar-refractivity contribution is 5.81. The van der Waals surface area contributed by atoms with Crippen molar-refractivity contribution in [2.24, 2.45) is 17.6 Å². The number of nitrogens with one attached hydrogen (secondary N) is 1. The Morgan fingerprint density at radius 2 is 2.23 bits per heavy atom. The fraction of sp³-hybridized carbons (Fsp3) is 0.778. The highest BCUT2D eigenvalue weighted by atomic mass is 16.2. The van der Waals surface area contributed by atoms with Crippen molar-refractivity contribution in [3.8, 4) is 0 Å². The molecule has 2 fully saturated rings. The number of nitrogens with two attached hydrogens (primary N) is 1. The third kappa shape index (κ3) is 1.82. The molecule has 1 saturated carbocycles. The number of hydrogen-bond acceptors (Lipinski definition) is 2. The first-order valence-corrected chi connectivity index (χ1v) is 4.74. The van der Waals surface area contributed by atoms with Gasteiger partial charge in [0.1, 0.15) is 0 Å².